The number of ether oxygens (including phenoxy) is 2. The molecule has 0 spiro atoms. The van der Waals surface area contributed by atoms with Crippen LogP contribution in [0.5, 0.6) is 11.5 Å². The van der Waals surface area contributed by atoms with Crippen molar-refractivity contribution in [1.82, 2.24) is 5.32 Å². The van der Waals surface area contributed by atoms with E-state index in [0.29, 0.717) is 24.5 Å². The number of methoxy groups -OCH3 is 1. The molecule has 1 amide bonds. The van der Waals surface area contributed by atoms with Gasteiger partial charge in [-0.1, -0.05) is 49.4 Å². The molecule has 0 unspecified atom stereocenters. The van der Waals surface area contributed by atoms with Crippen molar-refractivity contribution in [2.45, 2.75) is 26.0 Å². The first-order valence-corrected chi connectivity index (χ1v) is 7.36. The predicted molar refractivity (Wildman–Crippen MR) is 86.0 cm³/mol. The van der Waals surface area contributed by atoms with E-state index < -0.39 is 6.10 Å². The number of amides is 1. The van der Waals surface area contributed by atoms with Crippen molar-refractivity contribution in [3.8, 4) is 11.5 Å². The summed E-state index contributed by atoms with van der Waals surface area (Å²) in [4.78, 5) is 12.3. The second-order valence-electron chi connectivity index (χ2n) is 4.87. The third kappa shape index (κ3) is 4.25. The van der Waals surface area contributed by atoms with E-state index in [9.17, 15) is 4.79 Å². The summed E-state index contributed by atoms with van der Waals surface area (Å²) in [6.45, 7) is 2.41. The lowest BCUT2D eigenvalue weighted by Crippen LogP contribution is -2.37. The zero-order valence-corrected chi connectivity index (χ0v) is 12.9. The van der Waals surface area contributed by atoms with Crippen LogP contribution in [0.4, 0.5) is 0 Å². The standard InChI is InChI=1S/C18H21NO3/c1-3-15(22-17-12-8-7-11-16(17)21-2)18(20)19-13-14-9-5-4-6-10-14/h4-12,15H,3,13H2,1-2H3,(H,19,20)/t15-/m0/s1. The first kappa shape index (κ1) is 15.9. The maximum atomic E-state index is 12.3. The molecule has 0 fully saturated rings. The molecule has 0 bridgehead atoms. The molecule has 0 aliphatic carbocycles. The van der Waals surface area contributed by atoms with Crippen LogP contribution in [0.25, 0.3) is 0 Å². The zero-order valence-electron chi connectivity index (χ0n) is 12.9. The summed E-state index contributed by atoms with van der Waals surface area (Å²) in [5.41, 5.74) is 1.06. The lowest BCUT2D eigenvalue weighted by atomic mass is 10.2. The fourth-order valence-corrected chi connectivity index (χ4v) is 2.09. The zero-order chi connectivity index (χ0) is 15.8. The van der Waals surface area contributed by atoms with Gasteiger partial charge in [-0.05, 0) is 24.1 Å². The van der Waals surface area contributed by atoms with Crippen molar-refractivity contribution >= 4 is 5.91 Å². The van der Waals surface area contributed by atoms with Gasteiger partial charge in [0.1, 0.15) is 0 Å². The normalized spacial score (nSPS) is 11.5. The van der Waals surface area contributed by atoms with Gasteiger partial charge in [0.05, 0.1) is 7.11 Å². The highest BCUT2D eigenvalue weighted by Gasteiger charge is 2.19. The van der Waals surface area contributed by atoms with E-state index in [1.54, 1.807) is 13.2 Å². The molecule has 22 heavy (non-hydrogen) atoms. The fraction of sp³-hybridized carbons (Fsp3) is 0.278. The van der Waals surface area contributed by atoms with Crippen LogP contribution in [-0.4, -0.2) is 19.1 Å². The largest absolute Gasteiger partial charge is 0.493 e. The molecular weight excluding hydrogens is 278 g/mol. The maximum Gasteiger partial charge on any atom is 0.261 e. The predicted octanol–water partition coefficient (Wildman–Crippen LogP) is 3.17. The third-order valence-corrected chi connectivity index (χ3v) is 3.31. The van der Waals surface area contributed by atoms with Crippen LogP contribution in [-0.2, 0) is 11.3 Å². The summed E-state index contributed by atoms with van der Waals surface area (Å²) in [7, 11) is 1.58. The van der Waals surface area contributed by atoms with Crippen LogP contribution in [0.2, 0.25) is 0 Å². The molecular formula is C18H21NO3. The van der Waals surface area contributed by atoms with Gasteiger partial charge in [-0.3, -0.25) is 4.79 Å². The molecule has 0 saturated carbocycles. The Bertz CT molecular complexity index is 598. The minimum Gasteiger partial charge on any atom is -0.493 e. The SMILES string of the molecule is CC[C@H](Oc1ccccc1OC)C(=O)NCc1ccccc1. The van der Waals surface area contributed by atoms with Crippen LogP contribution in [0, 0.1) is 0 Å². The van der Waals surface area contributed by atoms with Crippen LogP contribution < -0.4 is 14.8 Å². The molecule has 0 aliphatic rings. The number of benzene rings is 2. The molecule has 4 nitrogen and oxygen atoms in total. The lowest BCUT2D eigenvalue weighted by Gasteiger charge is -2.18. The molecule has 0 heterocycles. The summed E-state index contributed by atoms with van der Waals surface area (Å²) >= 11 is 0. The van der Waals surface area contributed by atoms with Crippen LogP contribution in [0.1, 0.15) is 18.9 Å². The third-order valence-electron chi connectivity index (χ3n) is 3.31. The Kier molecular flexibility index (Phi) is 5.83. The molecule has 2 aromatic carbocycles. The van der Waals surface area contributed by atoms with Gasteiger partial charge in [0, 0.05) is 6.54 Å². The van der Waals surface area contributed by atoms with E-state index in [0.717, 1.165) is 5.56 Å². The van der Waals surface area contributed by atoms with Crippen LogP contribution in [0.15, 0.2) is 54.6 Å². The molecule has 0 radical (unpaired) electrons. The van der Waals surface area contributed by atoms with Crippen molar-refractivity contribution in [2.24, 2.45) is 0 Å². The number of carbonyl (C=O) groups is 1. The molecule has 1 N–H and O–H groups in total. The molecule has 0 aromatic heterocycles. The van der Waals surface area contributed by atoms with E-state index in [1.165, 1.54) is 0 Å². The number of carbonyl (C=O) groups excluding carboxylic acids is 1. The Morgan fingerprint density at radius 1 is 1.05 bits per heavy atom. The van der Waals surface area contributed by atoms with Crippen LogP contribution in [0.3, 0.4) is 0 Å². The number of nitrogens with one attached hydrogen (secondary N) is 1. The van der Waals surface area contributed by atoms with Gasteiger partial charge in [-0.15, -0.1) is 0 Å². The number of rotatable bonds is 7. The number of para-hydroxylation sites is 2. The summed E-state index contributed by atoms with van der Waals surface area (Å²) < 4.78 is 11.0. The number of hydrogen-bond acceptors (Lipinski definition) is 3. The first-order chi connectivity index (χ1) is 10.7. The second kappa shape index (κ2) is 8.08. The smallest absolute Gasteiger partial charge is 0.261 e. The molecule has 0 aliphatic heterocycles. The van der Waals surface area contributed by atoms with Gasteiger partial charge in [0.15, 0.2) is 17.6 Å². The summed E-state index contributed by atoms with van der Waals surface area (Å²) in [6, 6.07) is 17.1. The maximum absolute atomic E-state index is 12.3. The molecule has 4 heteroatoms. The summed E-state index contributed by atoms with van der Waals surface area (Å²) in [5, 5.41) is 2.90. The lowest BCUT2D eigenvalue weighted by molar-refractivity contribution is -0.128. The van der Waals surface area contributed by atoms with Crippen molar-refractivity contribution in [1.29, 1.82) is 0 Å². The summed E-state index contributed by atoms with van der Waals surface area (Å²) in [6.07, 6.45) is 0.0404. The van der Waals surface area contributed by atoms with Gasteiger partial charge in [-0.2, -0.15) is 0 Å². The Hall–Kier alpha value is -2.49. The Balaban J connectivity index is 1.97. The van der Waals surface area contributed by atoms with Gasteiger partial charge in [-0.25, -0.2) is 0 Å². The van der Waals surface area contributed by atoms with E-state index in [4.69, 9.17) is 9.47 Å². The van der Waals surface area contributed by atoms with Crippen LogP contribution >= 0.6 is 0 Å². The number of hydrogen-bond donors (Lipinski definition) is 1. The molecule has 0 saturated heterocycles. The Morgan fingerprint density at radius 2 is 1.68 bits per heavy atom. The average molecular weight is 299 g/mol. The van der Waals surface area contributed by atoms with E-state index in [2.05, 4.69) is 5.32 Å². The van der Waals surface area contributed by atoms with Crippen molar-refractivity contribution in [2.75, 3.05) is 7.11 Å². The van der Waals surface area contributed by atoms with Crippen molar-refractivity contribution < 1.29 is 14.3 Å². The minimum absolute atomic E-state index is 0.128. The highest BCUT2D eigenvalue weighted by atomic mass is 16.5. The first-order valence-electron chi connectivity index (χ1n) is 7.36. The second-order valence-corrected chi connectivity index (χ2v) is 4.87. The molecule has 116 valence electrons. The van der Waals surface area contributed by atoms with Gasteiger partial charge in [0.2, 0.25) is 0 Å². The highest BCUT2D eigenvalue weighted by Crippen LogP contribution is 2.27. The Morgan fingerprint density at radius 3 is 2.32 bits per heavy atom. The Labute approximate surface area is 131 Å². The monoisotopic (exact) mass is 299 g/mol. The van der Waals surface area contributed by atoms with Gasteiger partial charge >= 0.3 is 0 Å². The summed E-state index contributed by atoms with van der Waals surface area (Å²) in [5.74, 6) is 1.07. The molecule has 2 rings (SSSR count). The molecule has 2 aromatic rings. The quantitative estimate of drug-likeness (QED) is 0.854. The minimum atomic E-state index is -0.542. The van der Waals surface area contributed by atoms with Gasteiger partial charge in [0.25, 0.3) is 5.91 Å². The van der Waals surface area contributed by atoms with Crippen molar-refractivity contribution in [3.63, 3.8) is 0 Å². The molecule has 1 atom stereocenters. The average Bonchev–Trinajstić information content (AvgIpc) is 2.58. The van der Waals surface area contributed by atoms with Crippen molar-refractivity contribution in [3.05, 3.63) is 60.2 Å². The highest BCUT2D eigenvalue weighted by molar-refractivity contribution is 5.81. The van der Waals surface area contributed by atoms with E-state index >= 15 is 0 Å². The topological polar surface area (TPSA) is 47.6 Å². The van der Waals surface area contributed by atoms with Gasteiger partial charge < -0.3 is 14.8 Å². The van der Waals surface area contributed by atoms with E-state index in [-0.39, 0.29) is 5.91 Å². The fourth-order valence-electron chi connectivity index (χ4n) is 2.09. The van der Waals surface area contributed by atoms with E-state index in [1.807, 2.05) is 55.5 Å².